The molecular weight excluding hydrogens is 234 g/mol. The van der Waals surface area contributed by atoms with Gasteiger partial charge in [-0.1, -0.05) is 0 Å². The highest BCUT2D eigenvalue weighted by atomic mass is 16.5. The van der Waals surface area contributed by atoms with Gasteiger partial charge in [0.15, 0.2) is 6.10 Å². The fourth-order valence-corrected chi connectivity index (χ4v) is 1.75. The molecule has 0 saturated carbocycles. The molecule has 1 aliphatic heterocycles. The molecule has 2 atom stereocenters. The van der Waals surface area contributed by atoms with Crippen molar-refractivity contribution >= 4 is 5.91 Å². The van der Waals surface area contributed by atoms with Gasteiger partial charge >= 0.3 is 0 Å². The van der Waals surface area contributed by atoms with E-state index in [2.05, 4.69) is 5.32 Å². The third kappa shape index (κ3) is 3.37. The molecule has 1 aromatic carbocycles. The Kier molecular flexibility index (Phi) is 4.04. The summed E-state index contributed by atoms with van der Waals surface area (Å²) >= 11 is 0. The van der Waals surface area contributed by atoms with Gasteiger partial charge in [-0.3, -0.25) is 4.79 Å². The van der Waals surface area contributed by atoms with Crippen LogP contribution in [0.5, 0.6) is 11.5 Å². The molecule has 0 aliphatic carbocycles. The Morgan fingerprint density at radius 1 is 1.50 bits per heavy atom. The van der Waals surface area contributed by atoms with Crippen LogP contribution in [0.1, 0.15) is 13.3 Å². The van der Waals surface area contributed by atoms with Gasteiger partial charge in [0.1, 0.15) is 11.5 Å². The van der Waals surface area contributed by atoms with Gasteiger partial charge in [0.2, 0.25) is 0 Å². The lowest BCUT2D eigenvalue weighted by molar-refractivity contribution is -0.128. The number of ether oxygens (including phenoxy) is 2. The molecule has 18 heavy (non-hydrogen) atoms. The molecule has 2 unspecified atom stereocenters. The van der Waals surface area contributed by atoms with Crippen LogP contribution in [-0.4, -0.2) is 36.4 Å². The molecule has 98 valence electrons. The average Bonchev–Trinajstić information content (AvgIpc) is 2.85. The summed E-state index contributed by atoms with van der Waals surface area (Å²) in [6, 6.07) is 6.37. The quantitative estimate of drug-likeness (QED) is 0.839. The number of hydrogen-bond acceptors (Lipinski definition) is 4. The highest BCUT2D eigenvalue weighted by molar-refractivity contribution is 5.81. The first kappa shape index (κ1) is 12.7. The van der Waals surface area contributed by atoms with E-state index in [4.69, 9.17) is 14.6 Å². The van der Waals surface area contributed by atoms with Gasteiger partial charge < -0.3 is 19.9 Å². The molecule has 0 spiro atoms. The zero-order valence-corrected chi connectivity index (χ0v) is 10.3. The van der Waals surface area contributed by atoms with Crippen molar-refractivity contribution in [3.63, 3.8) is 0 Å². The molecule has 0 bridgehead atoms. The molecule has 1 heterocycles. The van der Waals surface area contributed by atoms with Crippen LogP contribution >= 0.6 is 0 Å². The first-order valence-electron chi connectivity index (χ1n) is 5.99. The number of rotatable bonds is 4. The van der Waals surface area contributed by atoms with E-state index in [-0.39, 0.29) is 17.7 Å². The molecule has 0 radical (unpaired) electrons. The zero-order valence-electron chi connectivity index (χ0n) is 10.3. The minimum Gasteiger partial charge on any atom is -0.508 e. The van der Waals surface area contributed by atoms with Gasteiger partial charge in [-0.05, 0) is 37.6 Å². The lowest BCUT2D eigenvalue weighted by Gasteiger charge is -2.17. The van der Waals surface area contributed by atoms with E-state index in [1.165, 1.54) is 12.1 Å². The molecule has 1 aliphatic rings. The predicted molar refractivity (Wildman–Crippen MR) is 65.6 cm³/mol. The molecule has 1 amide bonds. The van der Waals surface area contributed by atoms with Gasteiger partial charge in [0.05, 0.1) is 12.6 Å². The summed E-state index contributed by atoms with van der Waals surface area (Å²) < 4.78 is 10.7. The normalized spacial score (nSPS) is 20.4. The number of benzene rings is 1. The van der Waals surface area contributed by atoms with Crippen molar-refractivity contribution in [1.82, 2.24) is 5.32 Å². The van der Waals surface area contributed by atoms with Crippen LogP contribution in [0.4, 0.5) is 0 Å². The summed E-state index contributed by atoms with van der Waals surface area (Å²) in [6.45, 7) is 2.95. The van der Waals surface area contributed by atoms with Crippen LogP contribution < -0.4 is 10.1 Å². The van der Waals surface area contributed by atoms with Gasteiger partial charge in [-0.25, -0.2) is 0 Å². The van der Waals surface area contributed by atoms with E-state index in [1.54, 1.807) is 19.1 Å². The van der Waals surface area contributed by atoms with Crippen LogP contribution in [0.15, 0.2) is 24.3 Å². The molecule has 1 aromatic rings. The average molecular weight is 251 g/mol. The maximum atomic E-state index is 11.8. The van der Waals surface area contributed by atoms with Crippen molar-refractivity contribution in [2.75, 3.05) is 13.2 Å². The summed E-state index contributed by atoms with van der Waals surface area (Å²) in [7, 11) is 0. The fraction of sp³-hybridized carbons (Fsp3) is 0.462. The maximum absolute atomic E-state index is 11.8. The van der Waals surface area contributed by atoms with Crippen molar-refractivity contribution in [2.45, 2.75) is 25.5 Å². The Morgan fingerprint density at radius 2 is 2.22 bits per heavy atom. The number of phenolic OH excluding ortho intramolecular Hbond substituents is 1. The molecule has 1 saturated heterocycles. The summed E-state index contributed by atoms with van der Waals surface area (Å²) in [5.74, 6) is 0.569. The Hall–Kier alpha value is -1.75. The van der Waals surface area contributed by atoms with Crippen molar-refractivity contribution in [2.24, 2.45) is 0 Å². The van der Waals surface area contributed by atoms with E-state index in [1.807, 2.05) is 0 Å². The predicted octanol–water partition coefficient (Wildman–Crippen LogP) is 1.06. The second kappa shape index (κ2) is 5.73. The minimum atomic E-state index is -0.574. The Morgan fingerprint density at radius 3 is 2.83 bits per heavy atom. The van der Waals surface area contributed by atoms with Crippen LogP contribution in [0, 0.1) is 0 Å². The molecule has 2 N–H and O–H groups in total. The number of hydrogen-bond donors (Lipinski definition) is 2. The zero-order chi connectivity index (χ0) is 13.0. The molecule has 1 fully saturated rings. The number of carbonyl (C=O) groups excluding carboxylic acids is 1. The van der Waals surface area contributed by atoms with Gasteiger partial charge in [0, 0.05) is 6.61 Å². The van der Waals surface area contributed by atoms with E-state index in [9.17, 15) is 4.79 Å². The lowest BCUT2D eigenvalue weighted by Crippen LogP contribution is -2.42. The largest absolute Gasteiger partial charge is 0.508 e. The Balaban J connectivity index is 1.84. The van der Waals surface area contributed by atoms with Crippen LogP contribution in [0.2, 0.25) is 0 Å². The summed E-state index contributed by atoms with van der Waals surface area (Å²) in [6.07, 6.45) is 0.271. The standard InChI is InChI=1S/C13H17NO4/c1-9(13(16)14-10-6-7-17-8-10)18-12-4-2-11(15)3-5-12/h2-5,9-10,15H,6-8H2,1H3,(H,14,16). The minimum absolute atomic E-state index is 0.0865. The summed E-state index contributed by atoms with van der Waals surface area (Å²) in [5, 5.41) is 12.0. The van der Waals surface area contributed by atoms with Crippen LogP contribution in [-0.2, 0) is 9.53 Å². The highest BCUT2D eigenvalue weighted by Gasteiger charge is 2.22. The molecule has 5 heteroatoms. The number of nitrogens with one attached hydrogen (secondary N) is 1. The van der Waals surface area contributed by atoms with Crippen LogP contribution in [0.25, 0.3) is 0 Å². The Labute approximate surface area is 106 Å². The second-order valence-corrected chi connectivity index (χ2v) is 4.32. The van der Waals surface area contributed by atoms with E-state index in [0.29, 0.717) is 19.0 Å². The van der Waals surface area contributed by atoms with Gasteiger partial charge in [0.25, 0.3) is 5.91 Å². The van der Waals surface area contributed by atoms with Gasteiger partial charge in [-0.15, -0.1) is 0 Å². The van der Waals surface area contributed by atoms with Crippen molar-refractivity contribution < 1.29 is 19.4 Å². The van der Waals surface area contributed by atoms with Gasteiger partial charge in [-0.2, -0.15) is 0 Å². The lowest BCUT2D eigenvalue weighted by atomic mass is 10.2. The van der Waals surface area contributed by atoms with E-state index < -0.39 is 6.10 Å². The summed E-state index contributed by atoms with van der Waals surface area (Å²) in [4.78, 5) is 11.8. The number of aromatic hydroxyl groups is 1. The van der Waals surface area contributed by atoms with Crippen molar-refractivity contribution in [1.29, 1.82) is 0 Å². The number of amides is 1. The first-order chi connectivity index (χ1) is 8.65. The van der Waals surface area contributed by atoms with Crippen LogP contribution in [0.3, 0.4) is 0 Å². The number of carbonyl (C=O) groups is 1. The molecule has 5 nitrogen and oxygen atoms in total. The van der Waals surface area contributed by atoms with Crippen molar-refractivity contribution in [3.8, 4) is 11.5 Å². The smallest absolute Gasteiger partial charge is 0.261 e. The first-order valence-corrected chi connectivity index (χ1v) is 5.99. The number of phenols is 1. The van der Waals surface area contributed by atoms with Crippen molar-refractivity contribution in [3.05, 3.63) is 24.3 Å². The summed E-state index contributed by atoms with van der Waals surface area (Å²) in [5.41, 5.74) is 0. The molecule has 2 rings (SSSR count). The second-order valence-electron chi connectivity index (χ2n) is 4.32. The highest BCUT2D eigenvalue weighted by Crippen LogP contribution is 2.17. The third-order valence-corrected chi connectivity index (χ3v) is 2.79. The van der Waals surface area contributed by atoms with E-state index in [0.717, 1.165) is 6.42 Å². The topological polar surface area (TPSA) is 67.8 Å². The monoisotopic (exact) mass is 251 g/mol. The molecular formula is C13H17NO4. The SMILES string of the molecule is CC(Oc1ccc(O)cc1)C(=O)NC1CCOC1. The fourth-order valence-electron chi connectivity index (χ4n) is 1.75. The maximum Gasteiger partial charge on any atom is 0.261 e. The van der Waals surface area contributed by atoms with E-state index >= 15 is 0 Å². The third-order valence-electron chi connectivity index (χ3n) is 2.79. The molecule has 0 aromatic heterocycles. The Bertz CT molecular complexity index is 398.